The zero-order valence-electron chi connectivity index (χ0n) is 15.7. The number of benzene rings is 1. The van der Waals surface area contributed by atoms with E-state index in [4.69, 9.17) is 9.73 Å². The maximum Gasteiger partial charge on any atom is 0.225 e. The molecule has 0 spiro atoms. The van der Waals surface area contributed by atoms with Gasteiger partial charge in [0.2, 0.25) is 5.95 Å². The molecule has 27 heavy (non-hydrogen) atoms. The number of hydrogen-bond acceptors (Lipinski definition) is 6. The summed E-state index contributed by atoms with van der Waals surface area (Å²) in [6.45, 7) is 6.45. The van der Waals surface area contributed by atoms with Crippen molar-refractivity contribution in [3.8, 4) is 5.75 Å². The van der Waals surface area contributed by atoms with Gasteiger partial charge in [0, 0.05) is 38.6 Å². The molecule has 1 fully saturated rings. The van der Waals surface area contributed by atoms with Gasteiger partial charge in [0.25, 0.3) is 0 Å². The molecule has 1 atom stereocenters. The van der Waals surface area contributed by atoms with E-state index in [9.17, 15) is 0 Å². The van der Waals surface area contributed by atoms with E-state index in [-0.39, 0.29) is 6.17 Å². The Balaban J connectivity index is 1.41. The van der Waals surface area contributed by atoms with Crippen LogP contribution >= 0.6 is 0 Å². The number of piperazine rings is 1. The van der Waals surface area contributed by atoms with Crippen molar-refractivity contribution in [2.45, 2.75) is 25.9 Å². The Bertz CT molecular complexity index is 773. The maximum atomic E-state index is 5.84. The van der Waals surface area contributed by atoms with Crippen LogP contribution in [0.1, 0.15) is 19.8 Å². The lowest BCUT2D eigenvalue weighted by molar-refractivity contribution is 0.179. The lowest BCUT2D eigenvalue weighted by Gasteiger charge is -2.38. The van der Waals surface area contributed by atoms with Gasteiger partial charge in [-0.2, -0.15) is 0 Å². The summed E-state index contributed by atoms with van der Waals surface area (Å²) >= 11 is 0. The van der Waals surface area contributed by atoms with Crippen LogP contribution < -0.4 is 15.0 Å². The molecule has 2 aliphatic rings. The molecule has 3 heterocycles. The van der Waals surface area contributed by atoms with Crippen molar-refractivity contribution in [1.29, 1.82) is 0 Å². The van der Waals surface area contributed by atoms with Gasteiger partial charge in [0.1, 0.15) is 24.4 Å². The third-order valence-electron chi connectivity index (χ3n) is 4.95. The van der Waals surface area contributed by atoms with Crippen LogP contribution in [0.15, 0.2) is 47.7 Å². The molecule has 1 aromatic carbocycles. The summed E-state index contributed by atoms with van der Waals surface area (Å²) in [5.41, 5.74) is 0.990. The highest BCUT2D eigenvalue weighted by molar-refractivity contribution is 5.99. The number of aromatic nitrogens is 2. The third kappa shape index (κ3) is 4.19. The third-order valence-corrected chi connectivity index (χ3v) is 4.95. The number of nitrogens with one attached hydrogen (secondary N) is 1. The molecular weight excluding hydrogens is 340 g/mol. The van der Waals surface area contributed by atoms with E-state index in [2.05, 4.69) is 32.0 Å². The number of rotatable bonds is 5. The molecule has 7 heteroatoms. The van der Waals surface area contributed by atoms with Gasteiger partial charge in [-0.15, -0.1) is 0 Å². The van der Waals surface area contributed by atoms with Crippen LogP contribution in [0, 0.1) is 0 Å². The molecule has 0 amide bonds. The number of hydrogen-bond donors (Lipinski definition) is 1. The first-order valence-corrected chi connectivity index (χ1v) is 9.65. The molecule has 1 N–H and O–H groups in total. The molecule has 142 valence electrons. The Morgan fingerprint density at radius 2 is 1.89 bits per heavy atom. The lowest BCUT2D eigenvalue weighted by Crippen LogP contribution is -2.50. The van der Waals surface area contributed by atoms with Gasteiger partial charge in [0.15, 0.2) is 0 Å². The van der Waals surface area contributed by atoms with E-state index in [1.165, 1.54) is 0 Å². The Hall–Kier alpha value is -2.67. The molecule has 0 bridgehead atoms. The van der Waals surface area contributed by atoms with Gasteiger partial charge in [-0.1, -0.05) is 25.5 Å². The number of amidine groups is 1. The monoisotopic (exact) mass is 366 g/mol. The zero-order valence-corrected chi connectivity index (χ0v) is 15.7. The van der Waals surface area contributed by atoms with Crippen molar-refractivity contribution in [3.05, 3.63) is 42.7 Å². The van der Waals surface area contributed by atoms with Gasteiger partial charge >= 0.3 is 0 Å². The second kappa shape index (κ2) is 8.35. The van der Waals surface area contributed by atoms with Crippen LogP contribution in [-0.4, -0.2) is 59.7 Å². The van der Waals surface area contributed by atoms with Crippen LogP contribution in [0.4, 0.5) is 11.6 Å². The smallest absolute Gasteiger partial charge is 0.225 e. The predicted molar refractivity (Wildman–Crippen MR) is 108 cm³/mol. The largest absolute Gasteiger partial charge is 0.484 e. The summed E-state index contributed by atoms with van der Waals surface area (Å²) in [6.07, 6.45) is 5.90. The summed E-state index contributed by atoms with van der Waals surface area (Å²) in [7, 11) is 0. The number of fused-ring (bicyclic) bond motifs is 1. The molecule has 2 aromatic rings. The van der Waals surface area contributed by atoms with Gasteiger partial charge in [-0.25, -0.2) is 15.0 Å². The highest BCUT2D eigenvalue weighted by Crippen LogP contribution is 2.27. The van der Waals surface area contributed by atoms with Crippen LogP contribution in [-0.2, 0) is 0 Å². The summed E-state index contributed by atoms with van der Waals surface area (Å²) < 4.78 is 5.84. The standard InChI is InChI=1S/C20H26N6O/c1-2-6-19(24-18-15-27-17-8-4-3-7-16(17)23-18)25-11-13-26(14-12-25)20-21-9-5-10-22-20/h3-5,7-10,19H,2,6,11-15H2,1H3,(H,23,24). The Morgan fingerprint density at radius 1 is 1.11 bits per heavy atom. The number of ether oxygens (including phenoxy) is 1. The lowest BCUT2D eigenvalue weighted by atomic mass is 10.2. The van der Waals surface area contributed by atoms with Crippen molar-refractivity contribution >= 4 is 17.5 Å². The zero-order chi connectivity index (χ0) is 18.5. The van der Waals surface area contributed by atoms with Crippen LogP contribution in [0.5, 0.6) is 5.75 Å². The second-order valence-corrected chi connectivity index (χ2v) is 6.83. The fourth-order valence-corrected chi connectivity index (χ4v) is 3.54. The Morgan fingerprint density at radius 3 is 2.67 bits per heavy atom. The fraction of sp³-hybridized carbons (Fsp3) is 0.450. The average molecular weight is 366 g/mol. The molecule has 0 aliphatic carbocycles. The average Bonchev–Trinajstić information content (AvgIpc) is 2.74. The van der Waals surface area contributed by atoms with Gasteiger partial charge in [-0.05, 0) is 24.6 Å². The quantitative estimate of drug-likeness (QED) is 0.878. The molecule has 0 saturated carbocycles. The SMILES string of the molecule is CCCC(/N=C1/COc2ccccc2N1)N1CCN(c2ncccn2)CC1. The Kier molecular flexibility index (Phi) is 5.48. The van der Waals surface area contributed by atoms with E-state index < -0.39 is 0 Å². The highest BCUT2D eigenvalue weighted by Gasteiger charge is 2.25. The number of para-hydroxylation sites is 2. The van der Waals surface area contributed by atoms with Crippen molar-refractivity contribution in [3.63, 3.8) is 0 Å². The molecule has 1 saturated heterocycles. The molecule has 7 nitrogen and oxygen atoms in total. The van der Waals surface area contributed by atoms with Crippen molar-refractivity contribution in [2.75, 3.05) is 43.0 Å². The molecule has 1 unspecified atom stereocenters. The van der Waals surface area contributed by atoms with Crippen LogP contribution in [0.2, 0.25) is 0 Å². The van der Waals surface area contributed by atoms with Crippen molar-refractivity contribution in [1.82, 2.24) is 14.9 Å². The topological polar surface area (TPSA) is 65.9 Å². The predicted octanol–water partition coefficient (Wildman–Crippen LogP) is 2.63. The van der Waals surface area contributed by atoms with Crippen molar-refractivity contribution < 1.29 is 4.74 Å². The minimum absolute atomic E-state index is 0.171. The first kappa shape index (κ1) is 17.7. The van der Waals surface area contributed by atoms with Gasteiger partial charge < -0.3 is 15.0 Å². The minimum Gasteiger partial charge on any atom is -0.484 e. The molecule has 4 rings (SSSR count). The molecule has 2 aliphatic heterocycles. The summed E-state index contributed by atoms with van der Waals surface area (Å²) in [6, 6.07) is 9.85. The normalized spacial score (nSPS) is 19.9. The first-order chi connectivity index (χ1) is 13.3. The number of nitrogens with zero attached hydrogens (tertiary/aromatic N) is 5. The Labute approximate surface area is 160 Å². The summed E-state index contributed by atoms with van der Waals surface area (Å²) in [5.74, 6) is 2.61. The van der Waals surface area contributed by atoms with E-state index >= 15 is 0 Å². The molecular formula is C20H26N6O. The van der Waals surface area contributed by atoms with E-state index in [0.717, 1.165) is 62.2 Å². The van der Waals surface area contributed by atoms with E-state index in [1.807, 2.05) is 30.3 Å². The van der Waals surface area contributed by atoms with Crippen molar-refractivity contribution in [2.24, 2.45) is 4.99 Å². The van der Waals surface area contributed by atoms with Crippen LogP contribution in [0.3, 0.4) is 0 Å². The van der Waals surface area contributed by atoms with E-state index in [1.54, 1.807) is 12.4 Å². The molecule has 0 radical (unpaired) electrons. The van der Waals surface area contributed by atoms with Gasteiger partial charge in [-0.3, -0.25) is 4.90 Å². The molecule has 1 aromatic heterocycles. The first-order valence-electron chi connectivity index (χ1n) is 9.65. The highest BCUT2D eigenvalue weighted by atomic mass is 16.5. The maximum absolute atomic E-state index is 5.84. The van der Waals surface area contributed by atoms with Gasteiger partial charge in [0.05, 0.1) is 5.69 Å². The van der Waals surface area contributed by atoms with Crippen LogP contribution in [0.25, 0.3) is 0 Å². The van der Waals surface area contributed by atoms with E-state index in [0.29, 0.717) is 6.61 Å². The minimum atomic E-state index is 0.171. The summed E-state index contributed by atoms with van der Waals surface area (Å²) in [4.78, 5) is 18.4. The summed E-state index contributed by atoms with van der Waals surface area (Å²) in [5, 5.41) is 3.43. The number of aliphatic imine (C=N–C) groups is 1. The second-order valence-electron chi connectivity index (χ2n) is 6.83. The number of anilines is 2. The fourth-order valence-electron chi connectivity index (χ4n) is 3.54.